The number of hydrogen-bond acceptors (Lipinski definition) is 4. The number of halogens is 1. The molecule has 0 bridgehead atoms. The van der Waals surface area contributed by atoms with E-state index >= 15 is 0 Å². The molecule has 0 saturated carbocycles. The molecule has 0 radical (unpaired) electrons. The van der Waals surface area contributed by atoms with Gasteiger partial charge in [-0.2, -0.15) is 0 Å². The van der Waals surface area contributed by atoms with E-state index in [-0.39, 0.29) is 5.91 Å². The van der Waals surface area contributed by atoms with Crippen LogP contribution in [0.1, 0.15) is 24.2 Å². The molecule has 0 fully saturated rings. The molecule has 0 N–H and O–H groups in total. The van der Waals surface area contributed by atoms with Crippen molar-refractivity contribution in [1.29, 1.82) is 0 Å². The monoisotopic (exact) mass is 367 g/mol. The van der Waals surface area contributed by atoms with Gasteiger partial charge in [-0.1, -0.05) is 23.8 Å². The minimum atomic E-state index is -0.0295. The molecule has 1 aromatic rings. The number of ether oxygens (including phenoxy) is 3. The number of fused-ring (bicyclic) bond motifs is 1. The maximum Gasteiger partial charge on any atom is 0.258 e. The first-order valence-electron chi connectivity index (χ1n) is 8.08. The van der Waals surface area contributed by atoms with E-state index < -0.39 is 0 Å². The van der Waals surface area contributed by atoms with Crippen LogP contribution in [0.4, 0.5) is 0 Å². The third kappa shape index (κ3) is 6.80. The molecule has 25 heavy (non-hydrogen) atoms. The van der Waals surface area contributed by atoms with E-state index in [4.69, 9.17) is 25.8 Å². The third-order valence-electron chi connectivity index (χ3n) is 3.51. The Kier molecular flexibility index (Phi) is 9.73. The number of methoxy groups -OCH3 is 2. The summed E-state index contributed by atoms with van der Waals surface area (Å²) in [6.07, 6.45) is 5.76. The molecule has 1 aliphatic rings. The van der Waals surface area contributed by atoms with Crippen LogP contribution in [0.5, 0.6) is 5.75 Å². The highest BCUT2D eigenvalue weighted by Gasteiger charge is 2.22. The molecule has 5 nitrogen and oxygen atoms in total. The first-order chi connectivity index (χ1) is 12.1. The Bertz CT molecular complexity index is 613. The van der Waals surface area contributed by atoms with Crippen LogP contribution >= 0.6 is 11.6 Å². The fourth-order valence-corrected chi connectivity index (χ4v) is 2.31. The lowest BCUT2D eigenvalue weighted by atomic mass is 10.2. The molecule has 2 rings (SSSR count). The zero-order chi connectivity index (χ0) is 18.7. The van der Waals surface area contributed by atoms with Crippen molar-refractivity contribution in [3.8, 4) is 5.75 Å². The Labute approximate surface area is 154 Å². The maximum atomic E-state index is 12.2. The van der Waals surface area contributed by atoms with E-state index in [1.54, 1.807) is 37.3 Å². The summed E-state index contributed by atoms with van der Waals surface area (Å²) >= 11 is 5.91. The standard InChI is InChI=1S/C13H14ClNO2.C6H12O2/c1-2-3-6-15-7-8-17-12-5-4-10(14)9-11(12)13(15)16;1-4-6(8-3)5-7-2/h2-5,9H,6-8H2,1H3;4H,5H2,1-3H3/b3-2+;6-4+. The van der Waals surface area contributed by atoms with Crippen LogP contribution in [0.3, 0.4) is 0 Å². The molecule has 0 aliphatic carbocycles. The smallest absolute Gasteiger partial charge is 0.258 e. The quantitative estimate of drug-likeness (QED) is 0.584. The SMILES string of the molecule is C/C=C(\COC)OC.C/C=C/CN1CCOc2ccc(Cl)cc2C1=O. The number of rotatable bonds is 5. The van der Waals surface area contributed by atoms with Crippen molar-refractivity contribution in [2.24, 2.45) is 0 Å². The molecule has 1 amide bonds. The predicted molar refractivity (Wildman–Crippen MR) is 100 cm³/mol. The largest absolute Gasteiger partial charge is 0.499 e. The fraction of sp³-hybridized carbons (Fsp3) is 0.421. The lowest BCUT2D eigenvalue weighted by Gasteiger charge is -2.17. The van der Waals surface area contributed by atoms with Crippen LogP contribution in [-0.2, 0) is 9.47 Å². The summed E-state index contributed by atoms with van der Waals surface area (Å²) < 4.78 is 15.2. The van der Waals surface area contributed by atoms with Gasteiger partial charge in [0.1, 0.15) is 24.7 Å². The molecule has 0 atom stereocenters. The van der Waals surface area contributed by atoms with Crippen molar-refractivity contribution in [3.63, 3.8) is 0 Å². The number of carbonyl (C=O) groups excluding carboxylic acids is 1. The number of nitrogens with zero attached hydrogens (tertiary/aromatic N) is 1. The highest BCUT2D eigenvalue weighted by molar-refractivity contribution is 6.31. The maximum absolute atomic E-state index is 12.2. The van der Waals surface area contributed by atoms with Crippen molar-refractivity contribution in [2.75, 3.05) is 40.5 Å². The molecule has 0 unspecified atom stereocenters. The van der Waals surface area contributed by atoms with Crippen molar-refractivity contribution in [2.45, 2.75) is 13.8 Å². The highest BCUT2D eigenvalue weighted by Crippen LogP contribution is 2.26. The minimum Gasteiger partial charge on any atom is -0.499 e. The Hall–Kier alpha value is -1.98. The van der Waals surface area contributed by atoms with E-state index in [0.29, 0.717) is 42.6 Å². The van der Waals surface area contributed by atoms with Crippen LogP contribution in [0.15, 0.2) is 42.2 Å². The van der Waals surface area contributed by atoms with Crippen LogP contribution < -0.4 is 4.74 Å². The Balaban J connectivity index is 0.000000333. The average molecular weight is 368 g/mol. The second-order valence-electron chi connectivity index (χ2n) is 5.20. The Morgan fingerprint density at radius 1 is 1.36 bits per heavy atom. The number of hydrogen-bond donors (Lipinski definition) is 0. The van der Waals surface area contributed by atoms with Gasteiger partial charge in [-0.25, -0.2) is 0 Å². The molecule has 0 aromatic heterocycles. The molecular formula is C19H26ClNO4. The van der Waals surface area contributed by atoms with Gasteiger partial charge in [0.05, 0.1) is 19.2 Å². The minimum absolute atomic E-state index is 0.0295. The summed E-state index contributed by atoms with van der Waals surface area (Å²) in [4.78, 5) is 14.0. The van der Waals surface area contributed by atoms with Crippen LogP contribution in [-0.4, -0.2) is 51.3 Å². The van der Waals surface area contributed by atoms with Gasteiger partial charge in [-0.3, -0.25) is 4.79 Å². The van der Waals surface area contributed by atoms with E-state index in [0.717, 1.165) is 5.76 Å². The van der Waals surface area contributed by atoms with Crippen molar-refractivity contribution in [3.05, 3.63) is 52.8 Å². The second kappa shape index (κ2) is 11.6. The summed E-state index contributed by atoms with van der Waals surface area (Å²) in [5.41, 5.74) is 0.541. The first-order valence-corrected chi connectivity index (χ1v) is 8.46. The predicted octanol–water partition coefficient (Wildman–Crippen LogP) is 3.93. The molecule has 0 saturated heterocycles. The lowest BCUT2D eigenvalue weighted by molar-refractivity contribution is 0.0775. The molecule has 6 heteroatoms. The summed E-state index contributed by atoms with van der Waals surface area (Å²) in [5, 5.41) is 0.550. The van der Waals surface area contributed by atoms with Crippen LogP contribution in [0.25, 0.3) is 0 Å². The molecule has 1 aliphatic heterocycles. The Morgan fingerprint density at radius 3 is 2.68 bits per heavy atom. The first kappa shape index (κ1) is 21.1. The van der Waals surface area contributed by atoms with E-state index in [1.807, 2.05) is 32.1 Å². The zero-order valence-corrected chi connectivity index (χ0v) is 16.0. The summed E-state index contributed by atoms with van der Waals surface area (Å²) in [7, 11) is 3.27. The van der Waals surface area contributed by atoms with E-state index in [1.165, 1.54) is 0 Å². The van der Waals surface area contributed by atoms with Crippen LogP contribution in [0.2, 0.25) is 5.02 Å². The second-order valence-corrected chi connectivity index (χ2v) is 5.64. The van der Waals surface area contributed by atoms with Crippen molar-refractivity contribution < 1.29 is 19.0 Å². The third-order valence-corrected chi connectivity index (χ3v) is 3.75. The van der Waals surface area contributed by atoms with Gasteiger partial charge in [0.2, 0.25) is 0 Å². The average Bonchev–Trinajstić information content (AvgIpc) is 2.77. The molecule has 1 aromatic carbocycles. The van der Waals surface area contributed by atoms with Gasteiger partial charge >= 0.3 is 0 Å². The summed E-state index contributed by atoms with van der Waals surface area (Å²) in [6.45, 7) is 6.12. The zero-order valence-electron chi connectivity index (χ0n) is 15.3. The van der Waals surface area contributed by atoms with Gasteiger partial charge in [0.25, 0.3) is 5.91 Å². The van der Waals surface area contributed by atoms with Gasteiger partial charge in [-0.15, -0.1) is 0 Å². The van der Waals surface area contributed by atoms with Crippen molar-refractivity contribution in [1.82, 2.24) is 4.90 Å². The van der Waals surface area contributed by atoms with E-state index in [9.17, 15) is 4.79 Å². The number of amides is 1. The number of carbonyl (C=O) groups is 1. The van der Waals surface area contributed by atoms with Gasteiger partial charge in [0, 0.05) is 18.7 Å². The molecule has 0 spiro atoms. The fourth-order valence-electron chi connectivity index (χ4n) is 2.14. The summed E-state index contributed by atoms with van der Waals surface area (Å²) in [5.74, 6) is 1.45. The van der Waals surface area contributed by atoms with Gasteiger partial charge < -0.3 is 19.1 Å². The number of allylic oxidation sites excluding steroid dienone is 2. The highest BCUT2D eigenvalue weighted by atomic mass is 35.5. The molecule has 1 heterocycles. The van der Waals surface area contributed by atoms with Crippen molar-refractivity contribution >= 4 is 17.5 Å². The Morgan fingerprint density at radius 2 is 2.12 bits per heavy atom. The summed E-state index contributed by atoms with van der Waals surface area (Å²) in [6, 6.07) is 5.14. The lowest BCUT2D eigenvalue weighted by Crippen LogP contribution is -2.32. The van der Waals surface area contributed by atoms with Crippen LogP contribution in [0, 0.1) is 0 Å². The molecular weight excluding hydrogens is 342 g/mol. The van der Waals surface area contributed by atoms with Gasteiger partial charge in [0.15, 0.2) is 0 Å². The van der Waals surface area contributed by atoms with Gasteiger partial charge in [-0.05, 0) is 38.1 Å². The van der Waals surface area contributed by atoms with E-state index in [2.05, 4.69) is 0 Å². The normalized spacial score (nSPS) is 14.4. The number of benzene rings is 1. The topological polar surface area (TPSA) is 48.0 Å². The molecule has 138 valence electrons.